The molecule has 1 aromatic carbocycles. The maximum atomic E-state index is 12.1. The Morgan fingerprint density at radius 2 is 2.15 bits per heavy atom. The first-order valence-corrected chi connectivity index (χ1v) is 7.95. The summed E-state index contributed by atoms with van der Waals surface area (Å²) in [7, 11) is 0. The van der Waals surface area contributed by atoms with E-state index in [1.807, 2.05) is 6.07 Å². The number of carbonyl (C=O) groups is 1. The van der Waals surface area contributed by atoms with Gasteiger partial charge in [-0.3, -0.25) is 4.79 Å². The summed E-state index contributed by atoms with van der Waals surface area (Å²) in [5, 5.41) is 3.02. The smallest absolute Gasteiger partial charge is 0.251 e. The monoisotopic (exact) mass is 339 g/mol. The first-order chi connectivity index (χ1) is 9.60. The lowest BCUT2D eigenvalue weighted by molar-refractivity contribution is 0.0937. The zero-order valence-corrected chi connectivity index (χ0v) is 13.4. The van der Waals surface area contributed by atoms with Crippen molar-refractivity contribution >= 4 is 27.5 Å². The van der Waals surface area contributed by atoms with Crippen molar-refractivity contribution in [2.45, 2.75) is 19.8 Å². The average molecular weight is 340 g/mol. The largest absolute Gasteiger partial charge is 0.398 e. The third kappa shape index (κ3) is 3.96. The minimum atomic E-state index is -0.0397. The lowest BCUT2D eigenvalue weighted by atomic mass is 9.97. The van der Waals surface area contributed by atoms with E-state index in [9.17, 15) is 4.79 Å². The highest BCUT2D eigenvalue weighted by Gasteiger charge is 2.18. The highest BCUT2D eigenvalue weighted by molar-refractivity contribution is 9.10. The van der Waals surface area contributed by atoms with Gasteiger partial charge in [-0.15, -0.1) is 0 Å². The van der Waals surface area contributed by atoms with Gasteiger partial charge in [-0.2, -0.15) is 0 Å². The van der Waals surface area contributed by atoms with Gasteiger partial charge < -0.3 is 16.0 Å². The topological polar surface area (TPSA) is 58.4 Å². The van der Waals surface area contributed by atoms with Crippen LogP contribution in [-0.2, 0) is 0 Å². The minimum absolute atomic E-state index is 0.0397. The van der Waals surface area contributed by atoms with Crippen LogP contribution in [0.4, 0.5) is 5.69 Å². The van der Waals surface area contributed by atoms with E-state index in [1.165, 1.54) is 0 Å². The molecular formula is C15H22BrN3O. The van der Waals surface area contributed by atoms with Gasteiger partial charge in [0, 0.05) is 22.3 Å². The maximum Gasteiger partial charge on any atom is 0.251 e. The molecule has 3 N–H and O–H groups in total. The molecule has 1 aliphatic rings. The molecule has 0 unspecified atom stereocenters. The highest BCUT2D eigenvalue weighted by atomic mass is 79.9. The second kappa shape index (κ2) is 7.09. The molecule has 20 heavy (non-hydrogen) atoms. The van der Waals surface area contributed by atoms with E-state index in [1.54, 1.807) is 12.1 Å². The van der Waals surface area contributed by atoms with Crippen molar-refractivity contribution in [2.75, 3.05) is 31.9 Å². The Balaban J connectivity index is 1.82. The summed E-state index contributed by atoms with van der Waals surface area (Å²) >= 11 is 3.33. The fourth-order valence-electron chi connectivity index (χ4n) is 2.53. The summed E-state index contributed by atoms with van der Waals surface area (Å²) in [4.78, 5) is 14.5. The number of halogens is 1. The molecule has 1 heterocycles. The number of amides is 1. The number of benzene rings is 1. The molecule has 0 bridgehead atoms. The van der Waals surface area contributed by atoms with Gasteiger partial charge in [0.1, 0.15) is 0 Å². The van der Waals surface area contributed by atoms with Gasteiger partial charge in [0.2, 0.25) is 0 Å². The number of anilines is 1. The molecule has 1 fully saturated rings. The van der Waals surface area contributed by atoms with Crippen LogP contribution in [0.1, 0.15) is 30.1 Å². The van der Waals surface area contributed by atoms with E-state index in [4.69, 9.17) is 5.73 Å². The van der Waals surface area contributed by atoms with Crippen molar-refractivity contribution in [3.63, 3.8) is 0 Å². The molecule has 1 saturated heterocycles. The van der Waals surface area contributed by atoms with Crippen LogP contribution in [0.2, 0.25) is 0 Å². The number of nitrogens with two attached hydrogens (primary N) is 1. The number of nitrogen functional groups attached to an aromatic ring is 1. The van der Waals surface area contributed by atoms with Gasteiger partial charge in [-0.05, 0) is 72.5 Å². The van der Waals surface area contributed by atoms with Crippen LogP contribution < -0.4 is 11.1 Å². The van der Waals surface area contributed by atoms with Crippen LogP contribution in [0, 0.1) is 5.92 Å². The number of rotatable bonds is 4. The Morgan fingerprint density at radius 1 is 1.45 bits per heavy atom. The average Bonchev–Trinajstić information content (AvgIpc) is 2.48. The number of nitrogens with zero attached hydrogens (tertiary/aromatic N) is 1. The van der Waals surface area contributed by atoms with Crippen molar-refractivity contribution in [1.82, 2.24) is 10.2 Å². The second-order valence-corrected chi connectivity index (χ2v) is 6.18. The van der Waals surface area contributed by atoms with Crippen LogP contribution in [0.3, 0.4) is 0 Å². The van der Waals surface area contributed by atoms with E-state index < -0.39 is 0 Å². The zero-order valence-electron chi connectivity index (χ0n) is 11.9. The Hall–Kier alpha value is -1.07. The fourth-order valence-corrected chi connectivity index (χ4v) is 2.78. The van der Waals surface area contributed by atoms with Gasteiger partial charge in [0.25, 0.3) is 5.91 Å². The SMILES string of the molecule is CCN1CCC(CNC(=O)c2ccc(Br)c(N)c2)CC1. The number of carbonyl (C=O) groups excluding carboxylic acids is 1. The molecule has 110 valence electrons. The third-order valence-corrected chi connectivity index (χ3v) is 4.69. The summed E-state index contributed by atoms with van der Waals surface area (Å²) < 4.78 is 0.820. The predicted molar refractivity (Wildman–Crippen MR) is 85.7 cm³/mol. The van der Waals surface area contributed by atoms with Crippen LogP contribution in [-0.4, -0.2) is 37.0 Å². The van der Waals surface area contributed by atoms with Crippen molar-refractivity contribution in [3.8, 4) is 0 Å². The van der Waals surface area contributed by atoms with Crippen LogP contribution in [0.25, 0.3) is 0 Å². The Kier molecular flexibility index (Phi) is 5.43. The number of likely N-dealkylation sites (tertiary alicyclic amines) is 1. The van der Waals surface area contributed by atoms with E-state index >= 15 is 0 Å². The lowest BCUT2D eigenvalue weighted by Gasteiger charge is -2.31. The van der Waals surface area contributed by atoms with E-state index in [0.717, 1.165) is 43.5 Å². The molecule has 5 heteroatoms. The molecule has 1 amide bonds. The summed E-state index contributed by atoms with van der Waals surface area (Å²) in [5.41, 5.74) is 7.01. The van der Waals surface area contributed by atoms with Crippen LogP contribution in [0.5, 0.6) is 0 Å². The van der Waals surface area contributed by atoms with Crippen molar-refractivity contribution in [1.29, 1.82) is 0 Å². The third-order valence-electron chi connectivity index (χ3n) is 3.96. The molecule has 0 saturated carbocycles. The molecule has 4 nitrogen and oxygen atoms in total. The van der Waals surface area contributed by atoms with Crippen molar-refractivity contribution in [3.05, 3.63) is 28.2 Å². The van der Waals surface area contributed by atoms with Gasteiger partial charge >= 0.3 is 0 Å². The van der Waals surface area contributed by atoms with Crippen molar-refractivity contribution in [2.24, 2.45) is 5.92 Å². The summed E-state index contributed by atoms with van der Waals surface area (Å²) in [6.07, 6.45) is 2.33. The molecule has 1 aromatic rings. The second-order valence-electron chi connectivity index (χ2n) is 5.32. The minimum Gasteiger partial charge on any atom is -0.398 e. The lowest BCUT2D eigenvalue weighted by Crippen LogP contribution is -2.38. The molecule has 0 aliphatic carbocycles. The van der Waals surface area contributed by atoms with E-state index in [2.05, 4.69) is 33.1 Å². The molecular weight excluding hydrogens is 318 g/mol. The summed E-state index contributed by atoms with van der Waals surface area (Å²) in [6.45, 7) is 6.36. The fraction of sp³-hybridized carbons (Fsp3) is 0.533. The van der Waals surface area contributed by atoms with Crippen LogP contribution in [0.15, 0.2) is 22.7 Å². The molecule has 0 spiro atoms. The number of nitrogens with one attached hydrogen (secondary N) is 1. The Labute approximate surface area is 128 Å². The number of hydrogen-bond donors (Lipinski definition) is 2. The summed E-state index contributed by atoms with van der Waals surface area (Å²) in [6, 6.07) is 5.30. The Morgan fingerprint density at radius 3 is 2.75 bits per heavy atom. The molecule has 0 atom stereocenters. The van der Waals surface area contributed by atoms with Crippen LogP contribution >= 0.6 is 15.9 Å². The highest BCUT2D eigenvalue weighted by Crippen LogP contribution is 2.20. The predicted octanol–water partition coefficient (Wildman–Crippen LogP) is 2.49. The van der Waals surface area contributed by atoms with E-state index in [0.29, 0.717) is 17.2 Å². The number of hydrogen-bond acceptors (Lipinski definition) is 3. The molecule has 0 aromatic heterocycles. The Bertz CT molecular complexity index is 470. The molecule has 2 rings (SSSR count). The molecule has 1 aliphatic heterocycles. The first kappa shape index (κ1) is 15.3. The summed E-state index contributed by atoms with van der Waals surface area (Å²) in [5.74, 6) is 0.552. The number of piperidine rings is 1. The standard InChI is InChI=1S/C15H22BrN3O/c1-2-19-7-5-11(6-8-19)10-18-15(20)12-3-4-13(16)14(17)9-12/h3-4,9,11H,2,5-8,10,17H2,1H3,(H,18,20). The van der Waals surface area contributed by atoms with Crippen molar-refractivity contribution < 1.29 is 4.79 Å². The first-order valence-electron chi connectivity index (χ1n) is 7.15. The normalized spacial score (nSPS) is 17.1. The van der Waals surface area contributed by atoms with E-state index in [-0.39, 0.29) is 5.91 Å². The van der Waals surface area contributed by atoms with Gasteiger partial charge in [-0.1, -0.05) is 6.92 Å². The zero-order chi connectivity index (χ0) is 14.5. The van der Waals surface area contributed by atoms with Gasteiger partial charge in [-0.25, -0.2) is 0 Å². The maximum absolute atomic E-state index is 12.1. The van der Waals surface area contributed by atoms with Gasteiger partial charge in [0.15, 0.2) is 0 Å². The molecule has 0 radical (unpaired) electrons. The van der Waals surface area contributed by atoms with Gasteiger partial charge in [0.05, 0.1) is 0 Å². The quantitative estimate of drug-likeness (QED) is 0.828.